The average molecular weight is 709 g/mol. The highest BCUT2D eigenvalue weighted by molar-refractivity contribution is 7.91. The van der Waals surface area contributed by atoms with Gasteiger partial charge < -0.3 is 15.7 Å². The van der Waals surface area contributed by atoms with Crippen molar-refractivity contribution in [2.45, 2.75) is 94.0 Å². The number of carbonyl (C=O) groups is 2. The van der Waals surface area contributed by atoms with E-state index in [4.69, 9.17) is 0 Å². The number of fused-ring (bicyclic) bond motifs is 1. The number of likely N-dealkylation sites (tertiary alicyclic amines) is 1. The quantitative estimate of drug-likeness (QED) is 0.231. The lowest BCUT2D eigenvalue weighted by Crippen LogP contribution is -2.61. The van der Waals surface area contributed by atoms with Crippen LogP contribution in [0.15, 0.2) is 59.5 Å². The summed E-state index contributed by atoms with van der Waals surface area (Å²) >= 11 is 0. The molecule has 2 aromatic carbocycles. The number of aliphatic hydroxyl groups excluding tert-OH is 1. The van der Waals surface area contributed by atoms with Crippen LogP contribution in [0.1, 0.15) is 58.4 Å². The summed E-state index contributed by atoms with van der Waals surface area (Å²) < 4.78 is 66.5. The Kier molecular flexibility index (Phi) is 12.4. The van der Waals surface area contributed by atoms with E-state index in [2.05, 4.69) is 15.4 Å². The molecule has 266 valence electrons. The topological polar surface area (TPSA) is 162 Å². The van der Waals surface area contributed by atoms with Gasteiger partial charge in [0.25, 0.3) is 0 Å². The molecular weight excluding hydrogens is 660 g/mol. The number of nitrogens with one attached hydrogen (secondary N) is 3. The van der Waals surface area contributed by atoms with E-state index in [9.17, 15) is 35.9 Å². The van der Waals surface area contributed by atoms with E-state index in [1.807, 2.05) is 56.0 Å². The third-order valence-electron chi connectivity index (χ3n) is 9.05. The number of piperidine rings is 1. The predicted octanol–water partition coefficient (Wildman–Crippen LogP) is 2.40. The fourth-order valence-corrected chi connectivity index (χ4v) is 9.04. The molecule has 2 fully saturated rings. The first-order valence-corrected chi connectivity index (χ1v) is 20.0. The summed E-state index contributed by atoms with van der Waals surface area (Å²) in [6, 6.07) is 9.92. The highest BCUT2D eigenvalue weighted by Gasteiger charge is 2.42. The molecule has 2 aliphatic rings. The molecule has 2 aromatic rings. The fourth-order valence-electron chi connectivity index (χ4n) is 6.81. The molecule has 4 N–H and O–H groups in total. The third-order valence-corrected chi connectivity index (χ3v) is 11.5. The number of sulfonamides is 1. The molecule has 14 heteroatoms. The van der Waals surface area contributed by atoms with Crippen LogP contribution < -0.4 is 15.4 Å². The molecule has 4 rings (SSSR count). The molecule has 48 heavy (non-hydrogen) atoms. The highest BCUT2D eigenvalue weighted by Crippen LogP contribution is 2.39. The van der Waals surface area contributed by atoms with Gasteiger partial charge in [0.15, 0.2) is 9.84 Å². The zero-order valence-electron chi connectivity index (χ0n) is 28.1. The summed E-state index contributed by atoms with van der Waals surface area (Å²) in [5.41, 5.74) is 0.325. The summed E-state index contributed by atoms with van der Waals surface area (Å²) in [4.78, 5) is 29.0. The highest BCUT2D eigenvalue weighted by atomic mass is 32.2. The number of sulfone groups is 1. The molecule has 1 aliphatic carbocycles. The number of aliphatic hydroxyl groups is 1. The van der Waals surface area contributed by atoms with Crippen molar-refractivity contribution in [2.24, 2.45) is 11.8 Å². The molecule has 0 radical (unpaired) electrons. The molecule has 1 heterocycles. The van der Waals surface area contributed by atoms with Crippen LogP contribution in [-0.2, 0) is 35.9 Å². The number of carbonyl (C=O) groups excluding carboxylic acids is 2. The van der Waals surface area contributed by atoms with E-state index in [1.54, 1.807) is 0 Å². The Morgan fingerprint density at radius 1 is 0.979 bits per heavy atom. The minimum absolute atomic E-state index is 0.0568. The molecule has 11 nitrogen and oxygen atoms in total. The number of rotatable bonds is 13. The third kappa shape index (κ3) is 11.1. The van der Waals surface area contributed by atoms with Crippen LogP contribution in [0, 0.1) is 17.7 Å². The molecule has 2 amide bonds. The lowest BCUT2D eigenvalue weighted by molar-refractivity contribution is -0.133. The first-order valence-electron chi connectivity index (χ1n) is 16.4. The van der Waals surface area contributed by atoms with Gasteiger partial charge in [-0.1, -0.05) is 49.6 Å². The number of nitrogens with zero attached hydrogens (tertiary/aromatic N) is 1. The number of β-amino-alcohol motifs (C(OH)–C–C–N with tert-alkyl or cyclic N) is 1. The Morgan fingerprint density at radius 2 is 1.60 bits per heavy atom. The zero-order chi connectivity index (χ0) is 35.3. The van der Waals surface area contributed by atoms with Crippen molar-refractivity contribution >= 4 is 31.7 Å². The molecule has 1 saturated heterocycles. The summed E-state index contributed by atoms with van der Waals surface area (Å²) in [6.45, 7) is 6.42. The van der Waals surface area contributed by atoms with Gasteiger partial charge in [-0.25, -0.2) is 25.9 Å². The lowest BCUT2D eigenvalue weighted by Gasteiger charge is -2.47. The first kappa shape index (κ1) is 37.9. The van der Waals surface area contributed by atoms with Crippen LogP contribution in [0.2, 0.25) is 0 Å². The van der Waals surface area contributed by atoms with Gasteiger partial charge in [-0.2, -0.15) is 0 Å². The molecule has 0 spiro atoms. The normalized spacial score (nSPS) is 22.6. The molecule has 0 aromatic heterocycles. The summed E-state index contributed by atoms with van der Waals surface area (Å²) in [6.07, 6.45) is 4.76. The van der Waals surface area contributed by atoms with Crippen molar-refractivity contribution in [3.8, 4) is 0 Å². The molecule has 0 bridgehead atoms. The minimum atomic E-state index is -4.24. The maximum atomic E-state index is 13.7. The first-order chi connectivity index (χ1) is 22.4. The van der Waals surface area contributed by atoms with E-state index >= 15 is 0 Å². The minimum Gasteiger partial charge on any atom is -0.390 e. The summed E-state index contributed by atoms with van der Waals surface area (Å²) in [5, 5.41) is 17.6. The van der Waals surface area contributed by atoms with E-state index in [0.29, 0.717) is 24.8 Å². The van der Waals surface area contributed by atoms with Gasteiger partial charge in [0.2, 0.25) is 21.8 Å². The van der Waals surface area contributed by atoms with E-state index in [1.165, 1.54) is 0 Å². The van der Waals surface area contributed by atoms with Gasteiger partial charge >= 0.3 is 0 Å². The van der Waals surface area contributed by atoms with Crippen molar-refractivity contribution in [2.75, 3.05) is 25.1 Å². The molecule has 1 aliphatic heterocycles. The van der Waals surface area contributed by atoms with Crippen LogP contribution in [0.4, 0.5) is 4.39 Å². The second-order valence-corrected chi connectivity index (χ2v) is 18.1. The summed E-state index contributed by atoms with van der Waals surface area (Å²) in [5.74, 6) is -1.86. The van der Waals surface area contributed by atoms with Gasteiger partial charge in [0.1, 0.15) is 11.9 Å². The number of halogens is 1. The molecular formula is C34H49FN4O7S2. The smallest absolute Gasteiger partial charge is 0.239 e. The molecule has 6 atom stereocenters. The molecule has 2 unspecified atom stereocenters. The number of amides is 2. The monoisotopic (exact) mass is 708 g/mol. The summed E-state index contributed by atoms with van der Waals surface area (Å²) in [7, 11) is -8.31. The number of hydrogen-bond donors (Lipinski definition) is 4. The van der Waals surface area contributed by atoms with E-state index in [-0.39, 0.29) is 23.8 Å². The van der Waals surface area contributed by atoms with Crippen molar-refractivity contribution in [3.63, 3.8) is 0 Å². The Balaban J connectivity index is 1.60. The van der Waals surface area contributed by atoms with Crippen LogP contribution in [0.5, 0.6) is 0 Å². The van der Waals surface area contributed by atoms with Gasteiger partial charge in [-0.3, -0.25) is 14.5 Å². The van der Waals surface area contributed by atoms with Crippen molar-refractivity contribution < 1.29 is 35.9 Å². The van der Waals surface area contributed by atoms with Crippen LogP contribution >= 0.6 is 0 Å². The molecule has 1 saturated carbocycles. The number of hydrogen-bond acceptors (Lipinski definition) is 8. The Morgan fingerprint density at radius 3 is 2.21 bits per heavy atom. The largest absolute Gasteiger partial charge is 0.390 e. The predicted molar refractivity (Wildman–Crippen MR) is 182 cm³/mol. The second-order valence-electron chi connectivity index (χ2n) is 14.3. The SMILES string of the molecule is CC(C)(C)NC(=O)[C@@H]1CC2CCCCC2CN1C[C@@H](O)[C@H](Cc1ccccc1)NC(=O)[C@@H](CS(=O)(=O)c1ccc(F)cc1)NS(C)(=O)=O. The van der Waals surface area contributed by atoms with Crippen molar-refractivity contribution in [1.82, 2.24) is 20.3 Å². The number of benzene rings is 2. The van der Waals surface area contributed by atoms with Gasteiger partial charge in [-0.05, 0) is 81.7 Å². The Hall–Kier alpha value is -2.91. The van der Waals surface area contributed by atoms with Gasteiger partial charge in [-0.15, -0.1) is 0 Å². The zero-order valence-corrected chi connectivity index (χ0v) is 29.7. The van der Waals surface area contributed by atoms with E-state index in [0.717, 1.165) is 61.8 Å². The van der Waals surface area contributed by atoms with E-state index < -0.39 is 67.1 Å². The maximum absolute atomic E-state index is 13.7. The van der Waals surface area contributed by atoms with Crippen LogP contribution in [-0.4, -0.2) is 93.5 Å². The maximum Gasteiger partial charge on any atom is 0.239 e. The van der Waals surface area contributed by atoms with Gasteiger partial charge in [0.05, 0.1) is 35.1 Å². The van der Waals surface area contributed by atoms with Crippen LogP contribution in [0.25, 0.3) is 0 Å². The Labute approximate surface area is 284 Å². The second kappa shape index (κ2) is 15.8. The standard InChI is InChI=1S/C34H49FN4O7S2/c1-34(2,3)37-33(42)30-19-24-12-8-9-13-25(24)20-39(30)21-31(40)28(18-23-10-6-5-7-11-23)36-32(41)29(38-47(4,43)44)22-48(45,46)27-16-14-26(35)15-17-27/h5-7,10-11,14-17,24-25,28-31,38,40H,8-9,12-13,18-22H2,1-4H3,(H,36,41)(H,37,42)/t24?,25?,28-,29+,30-,31+/m0/s1. The fraction of sp³-hybridized carbons (Fsp3) is 0.588. The van der Waals surface area contributed by atoms with Crippen molar-refractivity contribution in [1.29, 1.82) is 0 Å². The van der Waals surface area contributed by atoms with Gasteiger partial charge in [0, 0.05) is 18.6 Å². The lowest BCUT2D eigenvalue weighted by atomic mass is 9.72. The van der Waals surface area contributed by atoms with Crippen LogP contribution in [0.3, 0.4) is 0 Å². The average Bonchev–Trinajstić information content (AvgIpc) is 2.99. The Bertz CT molecular complexity index is 1620. The van der Waals surface area contributed by atoms with Crippen molar-refractivity contribution in [3.05, 3.63) is 66.0 Å².